The molecule has 0 saturated carbocycles. The fourth-order valence-electron chi connectivity index (χ4n) is 2.02. The molecule has 0 bridgehead atoms. The number of hydrogen-bond acceptors (Lipinski definition) is 1. The Kier molecular flexibility index (Phi) is 2.38. The highest BCUT2D eigenvalue weighted by atomic mass is 79.9. The van der Waals surface area contributed by atoms with Gasteiger partial charge in [-0.15, -0.1) is 0 Å². The molecule has 0 amide bonds. The minimum Gasteiger partial charge on any atom is -0.323 e. The Labute approximate surface area is 98.4 Å². The van der Waals surface area contributed by atoms with Gasteiger partial charge in [0.25, 0.3) is 0 Å². The summed E-state index contributed by atoms with van der Waals surface area (Å²) in [4.78, 5) is 4.57. The van der Waals surface area contributed by atoms with Crippen molar-refractivity contribution in [2.75, 3.05) is 0 Å². The Morgan fingerprint density at radius 1 is 1.27 bits per heavy atom. The standard InChI is InChI=1S/C12H15BrN2/c1-8-14-10-7-9(13)5-6-11(10)15(8)12(2,3)4/h5-7H,1-4H3. The topological polar surface area (TPSA) is 17.8 Å². The van der Waals surface area contributed by atoms with Gasteiger partial charge in [0, 0.05) is 10.0 Å². The molecule has 1 heterocycles. The van der Waals surface area contributed by atoms with E-state index in [9.17, 15) is 0 Å². The molecule has 0 aliphatic carbocycles. The third kappa shape index (κ3) is 1.81. The summed E-state index contributed by atoms with van der Waals surface area (Å²) in [5.74, 6) is 1.07. The second-order valence-corrected chi connectivity index (χ2v) is 5.71. The summed E-state index contributed by atoms with van der Waals surface area (Å²) in [6.07, 6.45) is 0. The number of imidazole rings is 1. The lowest BCUT2D eigenvalue weighted by atomic mass is 10.1. The largest absolute Gasteiger partial charge is 0.323 e. The van der Waals surface area contributed by atoms with Crippen molar-refractivity contribution in [3.63, 3.8) is 0 Å². The first-order valence-electron chi connectivity index (χ1n) is 5.05. The van der Waals surface area contributed by atoms with E-state index in [1.165, 1.54) is 5.52 Å². The van der Waals surface area contributed by atoms with Crippen molar-refractivity contribution in [3.8, 4) is 0 Å². The summed E-state index contributed by atoms with van der Waals surface area (Å²) in [5.41, 5.74) is 2.33. The van der Waals surface area contributed by atoms with Gasteiger partial charge in [0.1, 0.15) is 5.82 Å². The van der Waals surface area contributed by atoms with E-state index >= 15 is 0 Å². The Bertz CT molecular complexity index is 506. The van der Waals surface area contributed by atoms with Gasteiger partial charge in [0.05, 0.1) is 11.0 Å². The molecule has 2 aromatic rings. The van der Waals surface area contributed by atoms with Gasteiger partial charge in [-0.3, -0.25) is 0 Å². The number of nitrogens with zero attached hydrogens (tertiary/aromatic N) is 2. The van der Waals surface area contributed by atoms with E-state index in [1.807, 2.05) is 0 Å². The Hall–Kier alpha value is -0.830. The van der Waals surface area contributed by atoms with Gasteiger partial charge in [-0.2, -0.15) is 0 Å². The van der Waals surface area contributed by atoms with Gasteiger partial charge in [-0.25, -0.2) is 4.98 Å². The molecule has 15 heavy (non-hydrogen) atoms. The van der Waals surface area contributed by atoms with Crippen LogP contribution in [-0.2, 0) is 5.54 Å². The van der Waals surface area contributed by atoms with Gasteiger partial charge < -0.3 is 4.57 Å². The highest BCUT2D eigenvalue weighted by Crippen LogP contribution is 2.26. The number of fused-ring (bicyclic) bond motifs is 1. The van der Waals surface area contributed by atoms with Crippen molar-refractivity contribution in [2.45, 2.75) is 33.2 Å². The minimum atomic E-state index is 0.0761. The third-order valence-electron chi connectivity index (χ3n) is 2.46. The van der Waals surface area contributed by atoms with Gasteiger partial charge in [0.15, 0.2) is 0 Å². The van der Waals surface area contributed by atoms with Gasteiger partial charge in [-0.1, -0.05) is 15.9 Å². The quantitative estimate of drug-likeness (QED) is 0.708. The summed E-state index contributed by atoms with van der Waals surface area (Å²) < 4.78 is 3.35. The van der Waals surface area contributed by atoms with Crippen LogP contribution < -0.4 is 0 Å². The van der Waals surface area contributed by atoms with Crippen LogP contribution in [0.1, 0.15) is 26.6 Å². The Balaban J connectivity index is 2.80. The van der Waals surface area contributed by atoms with Crippen LogP contribution in [0.3, 0.4) is 0 Å². The fraction of sp³-hybridized carbons (Fsp3) is 0.417. The minimum absolute atomic E-state index is 0.0761. The molecule has 0 saturated heterocycles. The van der Waals surface area contributed by atoms with Crippen molar-refractivity contribution in [3.05, 3.63) is 28.5 Å². The molecule has 2 nitrogen and oxygen atoms in total. The van der Waals surface area contributed by atoms with Gasteiger partial charge in [0.2, 0.25) is 0 Å². The van der Waals surface area contributed by atoms with Crippen LogP contribution in [0.5, 0.6) is 0 Å². The first-order valence-corrected chi connectivity index (χ1v) is 5.84. The SMILES string of the molecule is Cc1nc2cc(Br)ccc2n1C(C)(C)C. The zero-order valence-corrected chi connectivity index (χ0v) is 11.1. The number of aryl methyl sites for hydroxylation is 1. The summed E-state index contributed by atoms with van der Waals surface area (Å²) in [6.45, 7) is 8.65. The first-order chi connectivity index (χ1) is 6.89. The molecule has 1 aromatic carbocycles. The molecule has 0 unspecified atom stereocenters. The molecule has 3 heteroatoms. The molecule has 1 aromatic heterocycles. The third-order valence-corrected chi connectivity index (χ3v) is 2.95. The maximum atomic E-state index is 4.57. The molecule has 0 atom stereocenters. The molecular weight excluding hydrogens is 252 g/mol. The van der Waals surface area contributed by atoms with Crippen molar-refractivity contribution in [1.29, 1.82) is 0 Å². The van der Waals surface area contributed by atoms with Gasteiger partial charge in [-0.05, 0) is 45.9 Å². The maximum Gasteiger partial charge on any atom is 0.107 e. The molecule has 0 N–H and O–H groups in total. The number of rotatable bonds is 0. The van der Waals surface area contributed by atoms with Crippen LogP contribution >= 0.6 is 15.9 Å². The number of halogens is 1. The van der Waals surface area contributed by atoms with Crippen LogP contribution in [0.4, 0.5) is 0 Å². The van der Waals surface area contributed by atoms with E-state index in [-0.39, 0.29) is 5.54 Å². The van der Waals surface area contributed by atoms with E-state index in [0.717, 1.165) is 15.8 Å². The molecule has 2 rings (SSSR count). The number of aromatic nitrogens is 2. The Morgan fingerprint density at radius 3 is 2.53 bits per heavy atom. The molecule has 0 aliphatic rings. The van der Waals surface area contributed by atoms with Crippen molar-refractivity contribution in [2.24, 2.45) is 0 Å². The number of benzene rings is 1. The van der Waals surface area contributed by atoms with E-state index in [4.69, 9.17) is 0 Å². The predicted octanol–water partition coefficient (Wildman–Crippen LogP) is 3.86. The monoisotopic (exact) mass is 266 g/mol. The van der Waals surface area contributed by atoms with E-state index < -0.39 is 0 Å². The lowest BCUT2D eigenvalue weighted by Crippen LogP contribution is -2.22. The average Bonchev–Trinajstić information content (AvgIpc) is 2.38. The predicted molar refractivity (Wildman–Crippen MR) is 67.2 cm³/mol. The molecule has 0 fully saturated rings. The lowest BCUT2D eigenvalue weighted by molar-refractivity contribution is 0.399. The normalized spacial score (nSPS) is 12.3. The molecule has 0 spiro atoms. The zero-order valence-electron chi connectivity index (χ0n) is 9.50. The highest BCUT2D eigenvalue weighted by molar-refractivity contribution is 9.10. The summed E-state index contributed by atoms with van der Waals surface area (Å²) in [7, 11) is 0. The van der Waals surface area contributed by atoms with Crippen LogP contribution in [0.2, 0.25) is 0 Å². The van der Waals surface area contributed by atoms with Crippen molar-refractivity contribution < 1.29 is 0 Å². The maximum absolute atomic E-state index is 4.57. The van der Waals surface area contributed by atoms with Crippen LogP contribution in [0.25, 0.3) is 11.0 Å². The molecule has 80 valence electrons. The second kappa shape index (κ2) is 3.34. The highest BCUT2D eigenvalue weighted by Gasteiger charge is 2.18. The van der Waals surface area contributed by atoms with E-state index in [0.29, 0.717) is 0 Å². The summed E-state index contributed by atoms with van der Waals surface area (Å²) in [6, 6.07) is 6.24. The summed E-state index contributed by atoms with van der Waals surface area (Å²) >= 11 is 3.47. The second-order valence-electron chi connectivity index (χ2n) is 4.80. The molecular formula is C12H15BrN2. The van der Waals surface area contributed by atoms with Crippen molar-refractivity contribution in [1.82, 2.24) is 9.55 Å². The van der Waals surface area contributed by atoms with E-state index in [2.05, 4.69) is 71.4 Å². The van der Waals surface area contributed by atoms with Crippen LogP contribution in [0.15, 0.2) is 22.7 Å². The van der Waals surface area contributed by atoms with Crippen molar-refractivity contribution >= 4 is 27.0 Å². The number of hydrogen-bond donors (Lipinski definition) is 0. The summed E-state index contributed by atoms with van der Waals surface area (Å²) in [5, 5.41) is 0. The Morgan fingerprint density at radius 2 is 1.93 bits per heavy atom. The van der Waals surface area contributed by atoms with Gasteiger partial charge >= 0.3 is 0 Å². The van der Waals surface area contributed by atoms with Crippen LogP contribution in [0, 0.1) is 6.92 Å². The molecule has 0 aliphatic heterocycles. The fourth-order valence-corrected chi connectivity index (χ4v) is 2.37. The smallest absolute Gasteiger partial charge is 0.107 e. The zero-order chi connectivity index (χ0) is 11.2. The lowest BCUT2D eigenvalue weighted by Gasteiger charge is -2.23. The van der Waals surface area contributed by atoms with E-state index in [1.54, 1.807) is 0 Å². The van der Waals surface area contributed by atoms with Crippen LogP contribution in [-0.4, -0.2) is 9.55 Å². The molecule has 0 radical (unpaired) electrons. The average molecular weight is 267 g/mol. The first kappa shape index (κ1) is 10.7.